The van der Waals surface area contributed by atoms with Crippen molar-refractivity contribution >= 4 is 17.6 Å². The van der Waals surface area contributed by atoms with Gasteiger partial charge in [-0.25, -0.2) is 4.79 Å². The predicted molar refractivity (Wildman–Crippen MR) is 98.1 cm³/mol. The van der Waals surface area contributed by atoms with E-state index in [-0.39, 0.29) is 6.03 Å². The average Bonchev–Trinajstić information content (AvgIpc) is 2.61. The fraction of sp³-hybridized carbons (Fsp3) is 0.632. The molecule has 132 valence electrons. The predicted octanol–water partition coefficient (Wildman–Crippen LogP) is 4.09. The van der Waals surface area contributed by atoms with Crippen LogP contribution in [-0.4, -0.2) is 30.1 Å². The van der Waals surface area contributed by atoms with Crippen LogP contribution >= 0.6 is 11.6 Å². The molecule has 0 radical (unpaired) electrons. The zero-order valence-corrected chi connectivity index (χ0v) is 15.0. The quantitative estimate of drug-likeness (QED) is 0.859. The Labute approximate surface area is 149 Å². The maximum Gasteiger partial charge on any atom is 0.314 e. The van der Waals surface area contributed by atoms with Gasteiger partial charge in [0.25, 0.3) is 0 Å². The normalized spacial score (nSPS) is 21.6. The Balaban J connectivity index is 1.69. The Morgan fingerprint density at radius 1 is 1.17 bits per heavy atom. The highest BCUT2D eigenvalue weighted by Crippen LogP contribution is 2.36. The number of urea groups is 1. The second-order valence-corrected chi connectivity index (χ2v) is 7.63. The number of nitrogens with zero attached hydrogens (tertiary/aromatic N) is 1. The van der Waals surface area contributed by atoms with Crippen molar-refractivity contribution in [2.75, 3.05) is 13.1 Å². The van der Waals surface area contributed by atoms with Crippen molar-refractivity contribution < 1.29 is 4.79 Å². The minimum Gasteiger partial charge on any atom is -0.351 e. The number of piperidine rings is 1. The first kappa shape index (κ1) is 17.6. The summed E-state index contributed by atoms with van der Waals surface area (Å²) in [6.45, 7) is 1.50. The van der Waals surface area contributed by atoms with Gasteiger partial charge in [0.1, 0.15) is 0 Å². The number of carbonyl (C=O) groups is 1. The van der Waals surface area contributed by atoms with E-state index in [1.54, 1.807) is 4.90 Å². The van der Waals surface area contributed by atoms with E-state index in [9.17, 15) is 4.79 Å². The Morgan fingerprint density at radius 2 is 1.88 bits per heavy atom. The van der Waals surface area contributed by atoms with Crippen molar-refractivity contribution in [3.8, 4) is 0 Å². The van der Waals surface area contributed by atoms with E-state index in [4.69, 9.17) is 17.3 Å². The number of hydrogen-bond donors (Lipinski definition) is 2. The number of rotatable bonds is 4. The summed E-state index contributed by atoms with van der Waals surface area (Å²) in [4.78, 5) is 13.0. The second kappa shape index (κ2) is 8.21. The monoisotopic (exact) mass is 349 g/mol. The second-order valence-electron chi connectivity index (χ2n) is 7.20. The molecule has 0 spiro atoms. The van der Waals surface area contributed by atoms with Gasteiger partial charge in [-0.2, -0.15) is 0 Å². The maximum absolute atomic E-state index is 11.3. The number of nitrogens with one attached hydrogen (secondary N) is 1. The summed E-state index contributed by atoms with van der Waals surface area (Å²) >= 11 is 6.24. The van der Waals surface area contributed by atoms with E-state index < -0.39 is 0 Å². The van der Waals surface area contributed by atoms with Gasteiger partial charge < -0.3 is 16.0 Å². The lowest BCUT2D eigenvalue weighted by Crippen LogP contribution is -2.48. The molecule has 2 amide bonds. The van der Waals surface area contributed by atoms with Gasteiger partial charge in [0.15, 0.2) is 0 Å². The van der Waals surface area contributed by atoms with E-state index in [2.05, 4.69) is 17.4 Å². The van der Waals surface area contributed by atoms with Gasteiger partial charge in [-0.05, 0) is 49.3 Å². The van der Waals surface area contributed by atoms with Crippen LogP contribution in [0, 0.1) is 5.92 Å². The van der Waals surface area contributed by atoms with E-state index in [0.29, 0.717) is 18.0 Å². The molecule has 1 saturated carbocycles. The molecule has 24 heavy (non-hydrogen) atoms. The number of nitrogens with two attached hydrogens (primary N) is 1. The molecule has 0 unspecified atom stereocenters. The Morgan fingerprint density at radius 3 is 2.50 bits per heavy atom. The summed E-state index contributed by atoms with van der Waals surface area (Å²) in [5.41, 5.74) is 6.69. The number of amides is 2. The van der Waals surface area contributed by atoms with Crippen molar-refractivity contribution in [1.82, 2.24) is 10.2 Å². The van der Waals surface area contributed by atoms with E-state index in [1.807, 2.05) is 12.1 Å². The van der Waals surface area contributed by atoms with Crippen molar-refractivity contribution in [1.29, 1.82) is 0 Å². The Kier molecular flexibility index (Phi) is 6.01. The highest BCUT2D eigenvalue weighted by Gasteiger charge is 2.29. The van der Waals surface area contributed by atoms with E-state index in [1.165, 1.54) is 37.7 Å². The number of benzene rings is 1. The molecule has 1 aliphatic heterocycles. The number of likely N-dealkylation sites (tertiary alicyclic amines) is 1. The molecule has 1 aromatic rings. The van der Waals surface area contributed by atoms with Crippen molar-refractivity contribution in [2.24, 2.45) is 11.7 Å². The Hall–Kier alpha value is -1.26. The fourth-order valence-electron chi connectivity index (χ4n) is 4.19. The molecule has 1 atom stereocenters. The van der Waals surface area contributed by atoms with Crippen LogP contribution in [0.3, 0.4) is 0 Å². The van der Waals surface area contributed by atoms with Crippen LogP contribution in [0.4, 0.5) is 4.79 Å². The SMILES string of the molecule is NC(=O)N1CCC(N[C@H](c2cccc(Cl)c2)C2CCCCC2)CC1. The first-order chi connectivity index (χ1) is 11.6. The highest BCUT2D eigenvalue weighted by molar-refractivity contribution is 6.30. The van der Waals surface area contributed by atoms with Crippen LogP contribution in [0.2, 0.25) is 5.02 Å². The molecule has 1 heterocycles. The largest absolute Gasteiger partial charge is 0.351 e. The molecule has 2 fully saturated rings. The minimum atomic E-state index is -0.299. The summed E-state index contributed by atoms with van der Waals surface area (Å²) < 4.78 is 0. The molecule has 1 aliphatic carbocycles. The first-order valence-electron chi connectivity index (χ1n) is 9.19. The molecule has 3 rings (SSSR count). The topological polar surface area (TPSA) is 58.4 Å². The number of carbonyl (C=O) groups excluding carboxylic acids is 1. The van der Waals surface area contributed by atoms with Crippen LogP contribution in [0.1, 0.15) is 56.6 Å². The number of halogens is 1. The van der Waals surface area contributed by atoms with Crippen LogP contribution < -0.4 is 11.1 Å². The molecule has 2 aliphatic rings. The minimum absolute atomic E-state index is 0.299. The van der Waals surface area contributed by atoms with E-state index >= 15 is 0 Å². The lowest BCUT2D eigenvalue weighted by molar-refractivity contribution is 0.172. The van der Waals surface area contributed by atoms with Crippen LogP contribution in [0.15, 0.2) is 24.3 Å². The van der Waals surface area contributed by atoms with Crippen LogP contribution in [-0.2, 0) is 0 Å². The third kappa shape index (κ3) is 4.42. The summed E-state index contributed by atoms with van der Waals surface area (Å²) in [6.07, 6.45) is 8.50. The van der Waals surface area contributed by atoms with Crippen molar-refractivity contribution in [3.05, 3.63) is 34.9 Å². The summed E-state index contributed by atoms with van der Waals surface area (Å²) in [5, 5.41) is 4.70. The summed E-state index contributed by atoms with van der Waals surface area (Å²) in [7, 11) is 0. The molecular formula is C19H28ClN3O. The molecule has 3 N–H and O–H groups in total. The van der Waals surface area contributed by atoms with Gasteiger partial charge in [-0.3, -0.25) is 0 Å². The first-order valence-corrected chi connectivity index (χ1v) is 9.57. The molecule has 0 aromatic heterocycles. The van der Waals surface area contributed by atoms with Gasteiger partial charge in [-0.1, -0.05) is 43.0 Å². The van der Waals surface area contributed by atoms with Gasteiger partial charge in [0.05, 0.1) is 0 Å². The molecule has 5 heteroatoms. The van der Waals surface area contributed by atoms with Gasteiger partial charge in [0.2, 0.25) is 0 Å². The molecule has 1 saturated heterocycles. The lowest BCUT2D eigenvalue weighted by Gasteiger charge is -2.38. The third-order valence-electron chi connectivity index (χ3n) is 5.55. The van der Waals surface area contributed by atoms with E-state index in [0.717, 1.165) is 31.0 Å². The van der Waals surface area contributed by atoms with Gasteiger partial charge >= 0.3 is 6.03 Å². The molecule has 1 aromatic carbocycles. The smallest absolute Gasteiger partial charge is 0.314 e. The number of primary amides is 1. The van der Waals surface area contributed by atoms with Crippen molar-refractivity contribution in [3.63, 3.8) is 0 Å². The van der Waals surface area contributed by atoms with Gasteiger partial charge in [0, 0.05) is 30.2 Å². The molecule has 4 nitrogen and oxygen atoms in total. The summed E-state index contributed by atoms with van der Waals surface area (Å²) in [5.74, 6) is 0.673. The highest BCUT2D eigenvalue weighted by atomic mass is 35.5. The summed E-state index contributed by atoms with van der Waals surface area (Å²) in [6, 6.07) is 8.77. The maximum atomic E-state index is 11.3. The zero-order chi connectivity index (χ0) is 16.9. The van der Waals surface area contributed by atoms with Crippen LogP contribution in [0.25, 0.3) is 0 Å². The average molecular weight is 350 g/mol. The third-order valence-corrected chi connectivity index (χ3v) is 5.79. The fourth-order valence-corrected chi connectivity index (χ4v) is 4.39. The zero-order valence-electron chi connectivity index (χ0n) is 14.2. The van der Waals surface area contributed by atoms with Crippen molar-refractivity contribution in [2.45, 2.75) is 57.0 Å². The Bertz CT molecular complexity index is 551. The van der Waals surface area contributed by atoms with Crippen LogP contribution in [0.5, 0.6) is 0 Å². The number of hydrogen-bond acceptors (Lipinski definition) is 2. The lowest BCUT2D eigenvalue weighted by atomic mass is 9.80. The molecule has 0 bridgehead atoms. The van der Waals surface area contributed by atoms with Gasteiger partial charge in [-0.15, -0.1) is 0 Å². The standard InChI is InChI=1S/C19H28ClN3O/c20-16-8-4-7-15(13-16)18(14-5-2-1-3-6-14)22-17-9-11-23(12-10-17)19(21)24/h4,7-8,13-14,17-18,22H,1-3,5-6,9-12H2,(H2,21,24)/t18-/m0/s1. The molecular weight excluding hydrogens is 322 g/mol.